The number of carbonyl (C=O) groups excluding carboxylic acids is 1. The molecule has 0 radical (unpaired) electrons. The molecule has 3 heterocycles. The van der Waals surface area contributed by atoms with E-state index in [-0.39, 0.29) is 41.6 Å². The number of nitrogens with zero attached hydrogens (tertiary/aromatic N) is 5. The van der Waals surface area contributed by atoms with Crippen LogP contribution >= 0.6 is 0 Å². The molecule has 2 aromatic rings. The first-order valence-corrected chi connectivity index (χ1v) is 11.7. The first-order valence-electron chi connectivity index (χ1n) is 9.37. The first kappa shape index (κ1) is 22.0. The maximum atomic E-state index is 13.8. The number of pyridine rings is 1. The van der Waals surface area contributed by atoms with Crippen LogP contribution in [0.2, 0.25) is 0 Å². The Hall–Kier alpha value is -2.69. The molecule has 1 fully saturated rings. The van der Waals surface area contributed by atoms with E-state index in [0.717, 1.165) is 0 Å². The lowest BCUT2D eigenvalue weighted by atomic mass is 10.2. The number of hydrogen-bond acceptors (Lipinski definition) is 7. The van der Waals surface area contributed by atoms with Crippen molar-refractivity contribution in [2.75, 3.05) is 35.8 Å². The van der Waals surface area contributed by atoms with Gasteiger partial charge in [-0.3, -0.25) is 4.79 Å². The standard InChI is InChI=1S/C19H24F2N6O2S/c1-12(2)16-23-9-13(10-24-16)18(28)25-15-14(26-30(3,4)29)5-7-22-17(15)27-8-6-19(20,21)11-27/h5,7,9-10,12H,6,8,11H2,1-4H3,(H,25,28). The molecule has 0 spiro atoms. The van der Waals surface area contributed by atoms with E-state index in [9.17, 15) is 17.8 Å². The topological polar surface area (TPSA) is 100 Å². The molecule has 1 saturated heterocycles. The van der Waals surface area contributed by atoms with Gasteiger partial charge in [0.15, 0.2) is 5.82 Å². The minimum atomic E-state index is -2.85. The number of rotatable bonds is 5. The fourth-order valence-corrected chi connectivity index (χ4v) is 3.60. The maximum Gasteiger partial charge on any atom is 0.266 e. The van der Waals surface area contributed by atoms with Crippen LogP contribution < -0.4 is 10.2 Å². The van der Waals surface area contributed by atoms with Gasteiger partial charge in [-0.05, 0) is 6.07 Å². The van der Waals surface area contributed by atoms with Crippen molar-refractivity contribution in [3.05, 3.63) is 36.0 Å². The minimum absolute atomic E-state index is 0.0755. The molecule has 162 valence electrons. The van der Waals surface area contributed by atoms with Crippen LogP contribution in [0.4, 0.5) is 26.0 Å². The van der Waals surface area contributed by atoms with Crippen LogP contribution in [0, 0.1) is 0 Å². The van der Waals surface area contributed by atoms with Crippen molar-refractivity contribution < 1.29 is 17.8 Å². The van der Waals surface area contributed by atoms with E-state index in [1.165, 1.54) is 42.1 Å². The van der Waals surface area contributed by atoms with Crippen LogP contribution in [-0.4, -0.2) is 56.6 Å². The van der Waals surface area contributed by atoms with Gasteiger partial charge in [0.1, 0.15) is 17.2 Å². The Morgan fingerprint density at radius 2 is 1.93 bits per heavy atom. The van der Waals surface area contributed by atoms with Crippen LogP contribution in [0.3, 0.4) is 0 Å². The van der Waals surface area contributed by atoms with Crippen molar-refractivity contribution in [1.29, 1.82) is 0 Å². The molecule has 0 bridgehead atoms. The van der Waals surface area contributed by atoms with Crippen molar-refractivity contribution in [2.24, 2.45) is 4.36 Å². The molecular weight excluding hydrogens is 414 g/mol. The third-order valence-corrected chi connectivity index (χ3v) is 5.02. The Kier molecular flexibility index (Phi) is 6.02. The average molecular weight is 439 g/mol. The smallest absolute Gasteiger partial charge is 0.266 e. The van der Waals surface area contributed by atoms with E-state index in [1.807, 2.05) is 13.8 Å². The van der Waals surface area contributed by atoms with Crippen LogP contribution in [0.1, 0.15) is 42.4 Å². The second-order valence-corrected chi connectivity index (χ2v) is 10.3. The molecule has 30 heavy (non-hydrogen) atoms. The molecule has 0 aromatic carbocycles. The number of hydrogen-bond donors (Lipinski definition) is 1. The zero-order chi connectivity index (χ0) is 22.1. The molecule has 8 nitrogen and oxygen atoms in total. The van der Waals surface area contributed by atoms with Crippen LogP contribution in [0.25, 0.3) is 0 Å². The van der Waals surface area contributed by atoms with E-state index < -0.39 is 28.1 Å². The zero-order valence-electron chi connectivity index (χ0n) is 17.2. The first-order chi connectivity index (χ1) is 14.0. The number of alkyl halides is 2. The summed E-state index contributed by atoms with van der Waals surface area (Å²) >= 11 is 0. The Bertz CT molecular complexity index is 1060. The zero-order valence-corrected chi connectivity index (χ0v) is 18.0. The molecule has 1 N–H and O–H groups in total. The number of amides is 1. The molecule has 0 aliphatic carbocycles. The highest BCUT2D eigenvalue weighted by molar-refractivity contribution is 7.92. The molecule has 1 aliphatic rings. The van der Waals surface area contributed by atoms with Gasteiger partial charge in [-0.15, -0.1) is 0 Å². The summed E-state index contributed by atoms with van der Waals surface area (Å²) < 4.78 is 44.0. The Morgan fingerprint density at radius 1 is 1.27 bits per heavy atom. The van der Waals surface area contributed by atoms with Gasteiger partial charge in [0.2, 0.25) is 0 Å². The summed E-state index contributed by atoms with van der Waals surface area (Å²) in [4.78, 5) is 26.7. The van der Waals surface area contributed by atoms with Gasteiger partial charge < -0.3 is 10.2 Å². The van der Waals surface area contributed by atoms with Crippen LogP contribution in [-0.2, 0) is 9.73 Å². The lowest BCUT2D eigenvalue weighted by Gasteiger charge is -2.21. The summed E-state index contributed by atoms with van der Waals surface area (Å²) in [5, 5.41) is 2.68. The molecule has 3 rings (SSSR count). The molecule has 0 atom stereocenters. The van der Waals surface area contributed by atoms with E-state index >= 15 is 0 Å². The van der Waals surface area contributed by atoms with E-state index in [4.69, 9.17) is 0 Å². The lowest BCUT2D eigenvalue weighted by Crippen LogP contribution is -2.27. The third-order valence-electron chi connectivity index (χ3n) is 4.39. The average Bonchev–Trinajstić information content (AvgIpc) is 3.01. The number of nitrogens with one attached hydrogen (secondary N) is 1. The summed E-state index contributed by atoms with van der Waals surface area (Å²) in [6.45, 7) is 3.42. The second-order valence-electron chi connectivity index (χ2n) is 7.77. The third kappa shape index (κ3) is 5.26. The quantitative estimate of drug-likeness (QED) is 0.767. The van der Waals surface area contributed by atoms with Gasteiger partial charge in [0.05, 0.1) is 12.1 Å². The van der Waals surface area contributed by atoms with Crippen molar-refractivity contribution in [3.8, 4) is 0 Å². The Morgan fingerprint density at radius 3 is 2.47 bits per heavy atom. The van der Waals surface area contributed by atoms with Gasteiger partial charge in [-0.2, -0.15) is 4.36 Å². The van der Waals surface area contributed by atoms with Gasteiger partial charge in [0.25, 0.3) is 11.8 Å². The summed E-state index contributed by atoms with van der Waals surface area (Å²) in [5.41, 5.74) is 0.531. The highest BCUT2D eigenvalue weighted by atomic mass is 32.2. The van der Waals surface area contributed by atoms with Crippen molar-refractivity contribution >= 4 is 32.8 Å². The molecule has 0 unspecified atom stereocenters. The van der Waals surface area contributed by atoms with Gasteiger partial charge in [0, 0.05) is 59.7 Å². The van der Waals surface area contributed by atoms with Crippen molar-refractivity contribution in [3.63, 3.8) is 0 Å². The molecule has 2 aromatic heterocycles. The van der Waals surface area contributed by atoms with E-state index in [2.05, 4.69) is 24.6 Å². The molecular formula is C19H24F2N6O2S. The number of aromatic nitrogens is 3. The highest BCUT2D eigenvalue weighted by Gasteiger charge is 2.40. The van der Waals surface area contributed by atoms with Crippen molar-refractivity contribution in [1.82, 2.24) is 15.0 Å². The fraction of sp³-hybridized carbons (Fsp3) is 0.474. The minimum Gasteiger partial charge on any atom is -0.349 e. The number of carbonyl (C=O) groups is 1. The maximum absolute atomic E-state index is 13.8. The lowest BCUT2D eigenvalue weighted by molar-refractivity contribution is 0.0257. The van der Waals surface area contributed by atoms with Crippen LogP contribution in [0.15, 0.2) is 29.0 Å². The van der Waals surface area contributed by atoms with Gasteiger partial charge in [-0.1, -0.05) is 13.8 Å². The molecule has 11 heteroatoms. The normalized spacial score (nSPS) is 16.0. The fourth-order valence-electron chi connectivity index (χ4n) is 2.97. The molecule has 1 aliphatic heterocycles. The van der Waals surface area contributed by atoms with Gasteiger partial charge in [-0.25, -0.2) is 27.9 Å². The summed E-state index contributed by atoms with van der Waals surface area (Å²) in [5.74, 6) is -2.53. The summed E-state index contributed by atoms with van der Waals surface area (Å²) in [6, 6.07) is 1.48. The SMILES string of the molecule is CC(C)c1ncc(C(=O)Nc2c(N=S(C)(C)=O)ccnc2N2CCC(F)(F)C2)cn1. The van der Waals surface area contributed by atoms with Gasteiger partial charge >= 0.3 is 0 Å². The largest absolute Gasteiger partial charge is 0.349 e. The van der Waals surface area contributed by atoms with Crippen LogP contribution in [0.5, 0.6) is 0 Å². The highest BCUT2D eigenvalue weighted by Crippen LogP contribution is 2.38. The summed E-state index contributed by atoms with van der Waals surface area (Å²) in [7, 11) is -2.57. The predicted octanol–water partition coefficient (Wildman–Crippen LogP) is 3.45. The Balaban J connectivity index is 2.00. The summed E-state index contributed by atoms with van der Waals surface area (Å²) in [6.07, 6.45) is 6.77. The molecule has 0 saturated carbocycles. The second kappa shape index (κ2) is 8.21. The monoisotopic (exact) mass is 438 g/mol. The van der Waals surface area contributed by atoms with E-state index in [0.29, 0.717) is 5.82 Å². The number of anilines is 2. The van der Waals surface area contributed by atoms with E-state index in [1.54, 1.807) is 0 Å². The predicted molar refractivity (Wildman–Crippen MR) is 112 cm³/mol. The Labute approximate surface area is 174 Å². The molecule has 1 amide bonds. The van der Waals surface area contributed by atoms with Crippen molar-refractivity contribution in [2.45, 2.75) is 32.1 Å². The number of halogens is 2.